The average Bonchev–Trinajstić information content (AvgIpc) is 2.95. The Hall–Kier alpha value is -3.00. The summed E-state index contributed by atoms with van der Waals surface area (Å²) in [5.74, 6) is 1.18. The number of aliphatic hydroxyl groups excluding tert-OH is 1. The van der Waals surface area contributed by atoms with Crippen LogP contribution in [0.15, 0.2) is 36.5 Å². The summed E-state index contributed by atoms with van der Waals surface area (Å²) in [7, 11) is 0. The van der Waals surface area contributed by atoms with Gasteiger partial charge < -0.3 is 20.0 Å². The Bertz CT molecular complexity index is 891. The highest BCUT2D eigenvalue weighted by atomic mass is 16.6. The Morgan fingerprint density at radius 1 is 1.33 bits per heavy atom. The van der Waals surface area contributed by atoms with Crippen LogP contribution in [0.1, 0.15) is 11.5 Å². The molecule has 2 aromatic heterocycles. The monoisotopic (exact) mass is 328 g/mol. The normalized spacial score (nSPS) is 10.9. The van der Waals surface area contributed by atoms with Gasteiger partial charge in [-0.25, -0.2) is 9.55 Å². The van der Waals surface area contributed by atoms with Gasteiger partial charge >= 0.3 is 5.82 Å². The van der Waals surface area contributed by atoms with E-state index in [1.807, 2.05) is 18.2 Å². The molecule has 0 saturated heterocycles. The minimum atomic E-state index is -0.458. The maximum atomic E-state index is 10.9. The Balaban J connectivity index is 1.70. The van der Waals surface area contributed by atoms with E-state index in [1.165, 1.54) is 10.8 Å². The molecule has 0 aliphatic carbocycles. The maximum absolute atomic E-state index is 10.9. The highest BCUT2D eigenvalue weighted by Crippen LogP contribution is 2.20. The number of pyridine rings is 1. The van der Waals surface area contributed by atoms with Gasteiger partial charge in [-0.2, -0.15) is 0 Å². The predicted molar refractivity (Wildman–Crippen MR) is 86.8 cm³/mol. The third-order valence-electron chi connectivity index (χ3n) is 3.69. The van der Waals surface area contributed by atoms with Gasteiger partial charge in [0.1, 0.15) is 25.1 Å². The van der Waals surface area contributed by atoms with E-state index in [2.05, 4.69) is 9.97 Å². The maximum Gasteiger partial charge on any atom is 0.342 e. The van der Waals surface area contributed by atoms with E-state index in [9.17, 15) is 10.1 Å². The number of hydrogen-bond donors (Lipinski definition) is 1. The Labute approximate surface area is 137 Å². The average molecular weight is 328 g/mol. The van der Waals surface area contributed by atoms with Crippen molar-refractivity contribution >= 4 is 16.7 Å². The van der Waals surface area contributed by atoms with Crippen LogP contribution >= 0.6 is 0 Å². The lowest BCUT2D eigenvalue weighted by Crippen LogP contribution is -2.11. The van der Waals surface area contributed by atoms with Crippen molar-refractivity contribution in [3.63, 3.8) is 0 Å². The van der Waals surface area contributed by atoms with Gasteiger partial charge in [0.25, 0.3) is 0 Å². The first-order valence-electron chi connectivity index (χ1n) is 7.38. The number of aryl methyl sites for hydroxylation is 1. The fourth-order valence-corrected chi connectivity index (χ4v) is 2.46. The van der Waals surface area contributed by atoms with E-state index in [-0.39, 0.29) is 19.0 Å². The number of aliphatic hydroxyl groups is 1. The zero-order chi connectivity index (χ0) is 17.1. The molecular formula is C16H16N4O4. The van der Waals surface area contributed by atoms with Crippen molar-refractivity contribution in [3.05, 3.63) is 58.2 Å². The van der Waals surface area contributed by atoms with Gasteiger partial charge in [-0.1, -0.05) is 6.07 Å². The second-order valence-corrected chi connectivity index (χ2v) is 5.24. The number of benzene rings is 1. The first-order valence-corrected chi connectivity index (χ1v) is 7.38. The zero-order valence-corrected chi connectivity index (χ0v) is 13.0. The van der Waals surface area contributed by atoms with Gasteiger partial charge in [-0.05, 0) is 29.2 Å². The minimum Gasteiger partial charge on any atom is -0.489 e. The molecule has 1 N–H and O–H groups in total. The molecule has 8 nitrogen and oxygen atoms in total. The topological polar surface area (TPSA) is 103 Å². The number of rotatable bonds is 6. The Morgan fingerprint density at radius 3 is 2.92 bits per heavy atom. The van der Waals surface area contributed by atoms with Gasteiger partial charge in [-0.3, -0.25) is 4.98 Å². The molecule has 3 rings (SSSR count). The molecule has 0 unspecified atom stereocenters. The number of ether oxygens (including phenoxy) is 1. The van der Waals surface area contributed by atoms with Crippen molar-refractivity contribution in [3.8, 4) is 5.75 Å². The molecule has 0 aliphatic heterocycles. The number of aromatic nitrogens is 3. The van der Waals surface area contributed by atoms with Gasteiger partial charge in [0.2, 0.25) is 0 Å². The molecule has 2 heterocycles. The van der Waals surface area contributed by atoms with Crippen LogP contribution in [0.3, 0.4) is 0 Å². The van der Waals surface area contributed by atoms with Crippen molar-refractivity contribution in [1.82, 2.24) is 14.5 Å². The van der Waals surface area contributed by atoms with E-state index in [4.69, 9.17) is 9.84 Å². The number of fused-ring (bicyclic) bond motifs is 1. The first-order chi connectivity index (χ1) is 11.6. The van der Waals surface area contributed by atoms with E-state index >= 15 is 0 Å². The third kappa shape index (κ3) is 3.18. The fourth-order valence-electron chi connectivity index (χ4n) is 2.46. The summed E-state index contributed by atoms with van der Waals surface area (Å²) >= 11 is 0. The van der Waals surface area contributed by atoms with Crippen LogP contribution < -0.4 is 4.74 Å². The lowest BCUT2D eigenvalue weighted by molar-refractivity contribution is -0.392. The fraction of sp³-hybridized carbons (Fsp3) is 0.250. The molecule has 0 radical (unpaired) electrons. The van der Waals surface area contributed by atoms with Crippen LogP contribution in [0, 0.1) is 17.0 Å². The largest absolute Gasteiger partial charge is 0.489 e. The van der Waals surface area contributed by atoms with Crippen LogP contribution in [0.4, 0.5) is 5.82 Å². The predicted octanol–water partition coefficient (Wildman–Crippen LogP) is 2.22. The zero-order valence-electron chi connectivity index (χ0n) is 13.0. The van der Waals surface area contributed by atoms with Gasteiger partial charge in [-0.15, -0.1) is 0 Å². The molecule has 0 atom stereocenters. The number of hydrogen-bond acceptors (Lipinski definition) is 6. The SMILES string of the molecule is Cc1ncc([N+](=O)[O-])n1CCOc1ccc2nc(CO)ccc2c1. The minimum absolute atomic E-state index is 0.0460. The first kappa shape index (κ1) is 15.9. The molecule has 8 heteroatoms. The third-order valence-corrected chi connectivity index (χ3v) is 3.69. The van der Waals surface area contributed by atoms with Crippen molar-refractivity contribution < 1.29 is 14.8 Å². The van der Waals surface area contributed by atoms with E-state index in [0.717, 1.165) is 10.9 Å². The van der Waals surface area contributed by atoms with Gasteiger partial charge in [0, 0.05) is 12.3 Å². The summed E-state index contributed by atoms with van der Waals surface area (Å²) in [6.45, 7) is 2.23. The van der Waals surface area contributed by atoms with Crippen molar-refractivity contribution in [2.75, 3.05) is 6.61 Å². The van der Waals surface area contributed by atoms with Crippen LogP contribution in [-0.4, -0.2) is 31.2 Å². The molecule has 0 bridgehead atoms. The number of nitrogens with zero attached hydrogens (tertiary/aromatic N) is 4. The van der Waals surface area contributed by atoms with Crippen molar-refractivity contribution in [2.45, 2.75) is 20.1 Å². The summed E-state index contributed by atoms with van der Waals surface area (Å²) in [5.41, 5.74) is 1.38. The molecule has 124 valence electrons. The summed E-state index contributed by atoms with van der Waals surface area (Å²) in [6, 6.07) is 9.06. The second kappa shape index (κ2) is 6.63. The van der Waals surface area contributed by atoms with E-state index in [0.29, 0.717) is 23.8 Å². The van der Waals surface area contributed by atoms with Crippen molar-refractivity contribution in [1.29, 1.82) is 0 Å². The van der Waals surface area contributed by atoms with Crippen LogP contribution in [0.5, 0.6) is 5.75 Å². The highest BCUT2D eigenvalue weighted by Gasteiger charge is 2.16. The molecule has 0 fully saturated rings. The smallest absolute Gasteiger partial charge is 0.342 e. The van der Waals surface area contributed by atoms with Crippen LogP contribution in [0.2, 0.25) is 0 Å². The second-order valence-electron chi connectivity index (χ2n) is 5.24. The molecule has 24 heavy (non-hydrogen) atoms. The lowest BCUT2D eigenvalue weighted by Gasteiger charge is -2.08. The standard InChI is InChI=1S/C16H16N4O4/c1-11-17-9-16(20(22)23)19(11)6-7-24-14-4-5-15-12(8-14)2-3-13(10-21)18-15/h2-5,8-9,21H,6-7,10H2,1H3. The Morgan fingerprint density at radius 2 is 2.17 bits per heavy atom. The molecule has 0 saturated carbocycles. The molecule has 0 aliphatic rings. The number of imidazole rings is 1. The van der Waals surface area contributed by atoms with Crippen LogP contribution in [0.25, 0.3) is 10.9 Å². The van der Waals surface area contributed by atoms with Crippen molar-refractivity contribution in [2.24, 2.45) is 0 Å². The lowest BCUT2D eigenvalue weighted by atomic mass is 10.2. The molecule has 0 amide bonds. The molecule has 0 spiro atoms. The van der Waals surface area contributed by atoms with Gasteiger partial charge in [0.15, 0.2) is 5.82 Å². The molecule has 3 aromatic rings. The molecule has 1 aromatic carbocycles. The Kier molecular flexibility index (Phi) is 4.39. The van der Waals surface area contributed by atoms with E-state index < -0.39 is 4.92 Å². The molecular weight excluding hydrogens is 312 g/mol. The quantitative estimate of drug-likeness (QED) is 0.549. The van der Waals surface area contributed by atoms with Gasteiger partial charge in [0.05, 0.1) is 17.8 Å². The summed E-state index contributed by atoms with van der Waals surface area (Å²) < 4.78 is 7.20. The summed E-state index contributed by atoms with van der Waals surface area (Å²) in [4.78, 5) is 18.8. The number of nitro groups is 1. The highest BCUT2D eigenvalue weighted by molar-refractivity contribution is 5.80. The summed E-state index contributed by atoms with van der Waals surface area (Å²) in [6.07, 6.45) is 1.25. The summed E-state index contributed by atoms with van der Waals surface area (Å²) in [5, 5.41) is 20.9. The van der Waals surface area contributed by atoms with E-state index in [1.54, 1.807) is 19.1 Å². The van der Waals surface area contributed by atoms with Crippen LogP contribution in [-0.2, 0) is 13.2 Å².